The fourth-order valence-electron chi connectivity index (χ4n) is 4.32. The van der Waals surface area contributed by atoms with E-state index in [4.69, 9.17) is 11.6 Å². The lowest BCUT2D eigenvalue weighted by Crippen LogP contribution is -2.52. The van der Waals surface area contributed by atoms with Gasteiger partial charge >= 0.3 is 0 Å². The summed E-state index contributed by atoms with van der Waals surface area (Å²) in [4.78, 5) is 29.0. The first-order chi connectivity index (χ1) is 17.7. The minimum atomic E-state index is -0.635. The van der Waals surface area contributed by atoms with Crippen LogP contribution in [0.5, 0.6) is 0 Å². The number of halogens is 1. The van der Waals surface area contributed by atoms with Crippen LogP contribution in [0, 0.1) is 13.8 Å². The zero-order chi connectivity index (χ0) is 26.8. The number of nitrogens with one attached hydrogen (secondary N) is 1. The van der Waals surface area contributed by atoms with Crippen LogP contribution in [0.3, 0.4) is 0 Å². The van der Waals surface area contributed by atoms with Crippen LogP contribution in [-0.2, 0) is 28.3 Å². The fraction of sp³-hybridized carbons (Fsp3) is 0.355. The molecular formula is C31H37ClN2O2S. The van der Waals surface area contributed by atoms with Gasteiger partial charge in [0.05, 0.1) is 5.75 Å². The second kappa shape index (κ2) is 14.3. The number of aryl methyl sites for hydroxylation is 2. The Morgan fingerprint density at radius 1 is 0.919 bits per heavy atom. The molecule has 0 fully saturated rings. The lowest BCUT2D eigenvalue weighted by Gasteiger charge is -2.32. The molecular weight excluding hydrogens is 500 g/mol. The van der Waals surface area contributed by atoms with Crippen LogP contribution in [0.15, 0.2) is 72.8 Å². The summed E-state index contributed by atoms with van der Waals surface area (Å²) in [5.41, 5.74) is 5.54. The predicted octanol–water partition coefficient (Wildman–Crippen LogP) is 6.74. The van der Waals surface area contributed by atoms with Crippen LogP contribution in [0.4, 0.5) is 0 Å². The highest BCUT2D eigenvalue weighted by Crippen LogP contribution is 2.21. The van der Waals surface area contributed by atoms with Crippen LogP contribution in [0.25, 0.3) is 0 Å². The zero-order valence-corrected chi connectivity index (χ0v) is 23.7. The van der Waals surface area contributed by atoms with Gasteiger partial charge in [-0.05, 0) is 56.0 Å². The molecule has 4 nitrogen and oxygen atoms in total. The van der Waals surface area contributed by atoms with Gasteiger partial charge < -0.3 is 10.2 Å². The molecule has 0 aliphatic heterocycles. The fourth-order valence-corrected chi connectivity index (χ4v) is 5.38. The number of rotatable bonds is 12. The van der Waals surface area contributed by atoms with Crippen molar-refractivity contribution in [2.75, 3.05) is 5.75 Å². The average Bonchev–Trinajstić information content (AvgIpc) is 2.86. The summed E-state index contributed by atoms with van der Waals surface area (Å²) in [7, 11) is 0. The SMILES string of the molecule is CCC(C)NC(=O)C(Cc1ccccc1)N(Cc1cccc(Cl)c1)C(=O)CSCc1cc(C)cc(C)c1. The molecule has 0 radical (unpaired) electrons. The lowest BCUT2D eigenvalue weighted by atomic mass is 10.0. The van der Waals surface area contributed by atoms with E-state index in [1.54, 1.807) is 16.7 Å². The Morgan fingerprint density at radius 2 is 1.59 bits per heavy atom. The van der Waals surface area contributed by atoms with E-state index in [0.717, 1.165) is 23.3 Å². The van der Waals surface area contributed by atoms with Gasteiger partial charge in [0.1, 0.15) is 6.04 Å². The van der Waals surface area contributed by atoms with Crippen molar-refractivity contribution < 1.29 is 9.59 Å². The molecule has 1 N–H and O–H groups in total. The number of carbonyl (C=O) groups is 2. The largest absolute Gasteiger partial charge is 0.352 e. The molecule has 0 spiro atoms. The molecule has 37 heavy (non-hydrogen) atoms. The summed E-state index contributed by atoms with van der Waals surface area (Å²) in [6.45, 7) is 8.51. The summed E-state index contributed by atoms with van der Waals surface area (Å²) in [6.07, 6.45) is 1.26. The maximum atomic E-state index is 13.7. The Kier molecular flexibility index (Phi) is 11.1. The van der Waals surface area contributed by atoms with Gasteiger partial charge in [0.25, 0.3) is 0 Å². The van der Waals surface area contributed by atoms with Crippen molar-refractivity contribution in [1.29, 1.82) is 0 Å². The van der Waals surface area contributed by atoms with Crippen LogP contribution in [0.2, 0.25) is 5.02 Å². The number of carbonyl (C=O) groups excluding carboxylic acids is 2. The van der Waals surface area contributed by atoms with Crippen molar-refractivity contribution in [3.8, 4) is 0 Å². The maximum absolute atomic E-state index is 13.7. The molecule has 2 amide bonds. The van der Waals surface area contributed by atoms with Gasteiger partial charge in [0.2, 0.25) is 11.8 Å². The van der Waals surface area contributed by atoms with Crippen molar-refractivity contribution >= 4 is 35.2 Å². The van der Waals surface area contributed by atoms with Crippen molar-refractivity contribution in [1.82, 2.24) is 10.2 Å². The highest BCUT2D eigenvalue weighted by molar-refractivity contribution is 7.99. The topological polar surface area (TPSA) is 49.4 Å². The third-order valence-corrected chi connectivity index (χ3v) is 7.51. The van der Waals surface area contributed by atoms with E-state index in [0.29, 0.717) is 18.0 Å². The van der Waals surface area contributed by atoms with Gasteiger partial charge in [-0.25, -0.2) is 0 Å². The van der Waals surface area contributed by atoms with Crippen LogP contribution >= 0.6 is 23.4 Å². The van der Waals surface area contributed by atoms with Crippen LogP contribution in [0.1, 0.15) is 48.1 Å². The summed E-state index contributed by atoms with van der Waals surface area (Å²) < 4.78 is 0. The molecule has 0 saturated carbocycles. The number of hydrogen-bond acceptors (Lipinski definition) is 3. The molecule has 0 bridgehead atoms. The Bertz CT molecular complexity index is 1160. The number of benzene rings is 3. The Morgan fingerprint density at radius 3 is 2.24 bits per heavy atom. The number of nitrogens with zero attached hydrogens (tertiary/aromatic N) is 1. The van der Waals surface area contributed by atoms with Gasteiger partial charge in [-0.1, -0.05) is 90.3 Å². The Balaban J connectivity index is 1.86. The molecule has 0 aliphatic carbocycles. The molecule has 0 saturated heterocycles. The van der Waals surface area contributed by atoms with E-state index in [1.165, 1.54) is 16.7 Å². The first kappa shape index (κ1) is 28.8. The predicted molar refractivity (Wildman–Crippen MR) is 156 cm³/mol. The lowest BCUT2D eigenvalue weighted by molar-refractivity contribution is -0.139. The summed E-state index contributed by atoms with van der Waals surface area (Å²) in [5.74, 6) is 0.833. The molecule has 3 rings (SSSR count). The van der Waals surface area contributed by atoms with Gasteiger partial charge in [-0.2, -0.15) is 0 Å². The summed E-state index contributed by atoms with van der Waals surface area (Å²) in [6, 6.07) is 23.2. The minimum absolute atomic E-state index is 0.0211. The van der Waals surface area contributed by atoms with Crippen LogP contribution in [-0.4, -0.2) is 34.6 Å². The van der Waals surface area contributed by atoms with Crippen molar-refractivity contribution in [2.45, 2.75) is 64.9 Å². The first-order valence-electron chi connectivity index (χ1n) is 12.8. The standard InChI is InChI=1S/C31H37ClN2O2S/c1-5-24(4)33-31(36)29(18-25-10-7-6-8-11-25)34(19-26-12-9-13-28(32)17-26)30(35)21-37-20-27-15-22(2)14-23(3)16-27/h6-17,24,29H,5,18-21H2,1-4H3,(H,33,36). The van der Waals surface area contributed by atoms with E-state index < -0.39 is 6.04 Å². The van der Waals surface area contributed by atoms with Gasteiger partial charge in [-0.3, -0.25) is 9.59 Å². The molecule has 0 heterocycles. The van der Waals surface area contributed by atoms with E-state index in [1.807, 2.05) is 68.4 Å². The van der Waals surface area contributed by atoms with E-state index in [-0.39, 0.29) is 23.6 Å². The highest BCUT2D eigenvalue weighted by atomic mass is 35.5. The number of hydrogen-bond donors (Lipinski definition) is 1. The average molecular weight is 537 g/mol. The molecule has 6 heteroatoms. The Hall–Kier alpha value is -2.76. The second-order valence-electron chi connectivity index (χ2n) is 9.66. The van der Waals surface area contributed by atoms with Crippen LogP contribution < -0.4 is 5.32 Å². The van der Waals surface area contributed by atoms with Crippen molar-refractivity contribution in [2.24, 2.45) is 0 Å². The molecule has 196 valence electrons. The van der Waals surface area contributed by atoms with E-state index >= 15 is 0 Å². The van der Waals surface area contributed by atoms with Gasteiger partial charge in [0, 0.05) is 29.8 Å². The first-order valence-corrected chi connectivity index (χ1v) is 14.3. The Labute approximate surface area is 230 Å². The maximum Gasteiger partial charge on any atom is 0.243 e. The van der Waals surface area contributed by atoms with Gasteiger partial charge in [0.15, 0.2) is 0 Å². The number of thioether (sulfide) groups is 1. The second-order valence-corrected chi connectivity index (χ2v) is 11.1. The molecule has 3 aromatic rings. The third-order valence-electron chi connectivity index (χ3n) is 6.29. The molecule has 2 unspecified atom stereocenters. The van der Waals surface area contributed by atoms with Crippen molar-refractivity contribution in [3.05, 3.63) is 106 Å². The van der Waals surface area contributed by atoms with E-state index in [9.17, 15) is 9.59 Å². The van der Waals surface area contributed by atoms with Crippen molar-refractivity contribution in [3.63, 3.8) is 0 Å². The quantitative estimate of drug-likeness (QED) is 0.279. The molecule has 3 aromatic carbocycles. The third kappa shape index (κ3) is 9.24. The number of amides is 2. The zero-order valence-electron chi connectivity index (χ0n) is 22.2. The summed E-state index contributed by atoms with van der Waals surface area (Å²) in [5, 5.41) is 3.72. The summed E-state index contributed by atoms with van der Waals surface area (Å²) >= 11 is 7.84. The molecule has 0 aliphatic rings. The molecule has 2 atom stereocenters. The highest BCUT2D eigenvalue weighted by Gasteiger charge is 2.30. The monoisotopic (exact) mass is 536 g/mol. The smallest absolute Gasteiger partial charge is 0.243 e. The van der Waals surface area contributed by atoms with E-state index in [2.05, 4.69) is 37.4 Å². The minimum Gasteiger partial charge on any atom is -0.352 e. The van der Waals surface area contributed by atoms with Gasteiger partial charge in [-0.15, -0.1) is 11.8 Å². The molecule has 0 aromatic heterocycles. The normalized spacial score (nSPS) is 12.6.